The number of rotatable bonds is 10. The van der Waals surface area contributed by atoms with Crippen LogP contribution < -0.4 is 15.4 Å². The first kappa shape index (κ1) is 24.6. The van der Waals surface area contributed by atoms with Crippen LogP contribution >= 0.6 is 0 Å². The molecule has 2 rings (SSSR count). The third kappa shape index (κ3) is 7.55. The lowest BCUT2D eigenvalue weighted by Gasteiger charge is -2.27. The van der Waals surface area contributed by atoms with Gasteiger partial charge >= 0.3 is 0 Å². The maximum atomic E-state index is 12.9. The fourth-order valence-electron chi connectivity index (χ4n) is 4.27. The molecule has 0 bridgehead atoms. The lowest BCUT2D eigenvalue weighted by molar-refractivity contribution is -0.126. The van der Waals surface area contributed by atoms with Gasteiger partial charge in [-0.1, -0.05) is 33.1 Å². The van der Waals surface area contributed by atoms with Crippen molar-refractivity contribution in [1.29, 1.82) is 5.26 Å². The van der Waals surface area contributed by atoms with Crippen molar-refractivity contribution in [1.82, 2.24) is 15.4 Å². The third-order valence-electron chi connectivity index (χ3n) is 6.00. The van der Waals surface area contributed by atoms with Crippen molar-refractivity contribution in [2.24, 2.45) is 11.8 Å². The van der Waals surface area contributed by atoms with Crippen LogP contribution in [0.25, 0.3) is 0 Å². The maximum absolute atomic E-state index is 12.9. The molecular weight excluding hydrogens is 404 g/mol. The Labute approximate surface area is 180 Å². The number of nitrogens with one attached hydrogen (secondary N) is 3. The minimum atomic E-state index is -3.60. The van der Waals surface area contributed by atoms with Gasteiger partial charge in [0.25, 0.3) is 0 Å². The molecule has 1 saturated heterocycles. The minimum Gasteiger partial charge on any atom is -0.356 e. The van der Waals surface area contributed by atoms with E-state index in [9.17, 15) is 23.3 Å². The molecule has 2 fully saturated rings. The zero-order chi connectivity index (χ0) is 22.1. The van der Waals surface area contributed by atoms with Crippen molar-refractivity contribution in [3.8, 4) is 6.07 Å². The molecule has 0 aromatic carbocycles. The fraction of sp³-hybridized carbons (Fsp3) is 0.857. The molecular formula is C21H36N4O4S. The van der Waals surface area contributed by atoms with Crippen molar-refractivity contribution < 1.29 is 18.0 Å². The zero-order valence-electron chi connectivity index (χ0n) is 18.2. The van der Waals surface area contributed by atoms with Crippen LogP contribution in [0.15, 0.2) is 0 Å². The molecule has 1 saturated carbocycles. The largest absolute Gasteiger partial charge is 0.356 e. The summed E-state index contributed by atoms with van der Waals surface area (Å²) in [7, 11) is -3.60. The summed E-state index contributed by atoms with van der Waals surface area (Å²) in [4.78, 5) is 24.8. The van der Waals surface area contributed by atoms with Gasteiger partial charge in [-0.05, 0) is 50.9 Å². The standard InChI is InChI=1S/C21H36N4O4S/c1-15(2)13-19(25-30(28,29)18-8-4-3-5-9-18)21(27)24-17(14-22)11-10-16-7-6-12-23-20(16)26/h15-19,25H,3-13H2,1-2H3,(H,23,26)(H,24,27)/t16-,17-,19-/m0/s1. The summed E-state index contributed by atoms with van der Waals surface area (Å²) in [5.74, 6) is -0.492. The number of hydrogen-bond donors (Lipinski definition) is 3. The number of nitriles is 1. The van der Waals surface area contributed by atoms with E-state index in [4.69, 9.17) is 0 Å². The van der Waals surface area contributed by atoms with Crippen LogP contribution in [0.5, 0.6) is 0 Å². The van der Waals surface area contributed by atoms with Crippen LogP contribution in [-0.4, -0.2) is 44.1 Å². The predicted octanol–water partition coefficient (Wildman–Crippen LogP) is 1.97. The van der Waals surface area contributed by atoms with E-state index in [1.165, 1.54) is 0 Å². The van der Waals surface area contributed by atoms with E-state index < -0.39 is 33.3 Å². The molecule has 1 aliphatic heterocycles. The van der Waals surface area contributed by atoms with Crippen LogP contribution in [0, 0.1) is 23.2 Å². The van der Waals surface area contributed by atoms with Gasteiger partial charge in [0.1, 0.15) is 12.1 Å². The highest BCUT2D eigenvalue weighted by molar-refractivity contribution is 7.90. The molecule has 0 unspecified atom stereocenters. The van der Waals surface area contributed by atoms with Crippen molar-refractivity contribution in [2.75, 3.05) is 6.54 Å². The predicted molar refractivity (Wildman–Crippen MR) is 115 cm³/mol. The molecule has 3 N–H and O–H groups in total. The van der Waals surface area contributed by atoms with Crippen molar-refractivity contribution >= 4 is 21.8 Å². The van der Waals surface area contributed by atoms with Crippen molar-refractivity contribution in [2.45, 2.75) is 95.4 Å². The highest BCUT2D eigenvalue weighted by Gasteiger charge is 2.33. The number of carbonyl (C=O) groups excluding carboxylic acids is 2. The average Bonchev–Trinajstić information content (AvgIpc) is 2.71. The molecule has 30 heavy (non-hydrogen) atoms. The number of sulfonamides is 1. The zero-order valence-corrected chi connectivity index (χ0v) is 19.0. The van der Waals surface area contributed by atoms with Crippen LogP contribution in [0.2, 0.25) is 0 Å². The maximum Gasteiger partial charge on any atom is 0.239 e. The molecule has 8 nitrogen and oxygen atoms in total. The Kier molecular flexibility index (Phi) is 9.56. The van der Waals surface area contributed by atoms with Crippen LogP contribution in [-0.2, 0) is 19.6 Å². The first-order valence-corrected chi connectivity index (χ1v) is 12.8. The molecule has 0 aromatic rings. The third-order valence-corrected chi connectivity index (χ3v) is 7.96. The molecule has 3 atom stereocenters. The highest BCUT2D eigenvalue weighted by Crippen LogP contribution is 2.24. The number of piperidine rings is 1. The first-order chi connectivity index (χ1) is 14.2. The van der Waals surface area contributed by atoms with E-state index in [-0.39, 0.29) is 17.7 Å². The quantitative estimate of drug-likeness (QED) is 0.478. The smallest absolute Gasteiger partial charge is 0.239 e. The topological polar surface area (TPSA) is 128 Å². The SMILES string of the molecule is CC(C)C[C@H](NS(=O)(=O)C1CCCCC1)C(=O)N[C@H](C#N)CC[C@@H]1CCCNC1=O. The summed E-state index contributed by atoms with van der Waals surface area (Å²) in [6.07, 6.45) is 7.01. The summed E-state index contributed by atoms with van der Waals surface area (Å²) >= 11 is 0. The Morgan fingerprint density at radius 2 is 1.90 bits per heavy atom. The number of amides is 2. The van der Waals surface area contributed by atoms with Crippen molar-refractivity contribution in [3.63, 3.8) is 0 Å². The van der Waals surface area contributed by atoms with Crippen LogP contribution in [0.1, 0.15) is 78.1 Å². The molecule has 9 heteroatoms. The van der Waals surface area contributed by atoms with Gasteiger partial charge in [0.2, 0.25) is 21.8 Å². The molecule has 1 heterocycles. The van der Waals surface area contributed by atoms with Gasteiger partial charge < -0.3 is 10.6 Å². The van der Waals surface area contributed by atoms with E-state index in [1.54, 1.807) is 0 Å². The second-order valence-corrected chi connectivity index (χ2v) is 11.0. The Morgan fingerprint density at radius 1 is 1.20 bits per heavy atom. The van der Waals surface area contributed by atoms with Gasteiger partial charge in [-0.25, -0.2) is 13.1 Å². The second kappa shape index (κ2) is 11.7. The summed E-state index contributed by atoms with van der Waals surface area (Å²) in [5.41, 5.74) is 0. The lowest BCUT2D eigenvalue weighted by atomic mass is 9.92. The normalized spacial score (nSPS) is 22.7. The minimum absolute atomic E-state index is 0.00203. The lowest BCUT2D eigenvalue weighted by Crippen LogP contribution is -2.52. The van der Waals surface area contributed by atoms with E-state index in [0.717, 1.165) is 32.1 Å². The fourth-order valence-corrected chi connectivity index (χ4v) is 6.02. The van der Waals surface area contributed by atoms with Gasteiger partial charge in [-0.3, -0.25) is 9.59 Å². The van der Waals surface area contributed by atoms with Gasteiger partial charge in [-0.15, -0.1) is 0 Å². The van der Waals surface area contributed by atoms with Gasteiger partial charge in [0.05, 0.1) is 11.3 Å². The molecule has 0 aromatic heterocycles. The van der Waals surface area contributed by atoms with Gasteiger partial charge in [-0.2, -0.15) is 5.26 Å². The Hall–Kier alpha value is -1.66. The van der Waals surface area contributed by atoms with Crippen LogP contribution in [0.4, 0.5) is 0 Å². The van der Waals surface area contributed by atoms with E-state index in [2.05, 4.69) is 21.4 Å². The molecule has 0 spiro atoms. The van der Waals surface area contributed by atoms with Gasteiger partial charge in [0, 0.05) is 12.5 Å². The average molecular weight is 441 g/mol. The van der Waals surface area contributed by atoms with E-state index in [1.807, 2.05) is 13.8 Å². The monoisotopic (exact) mass is 440 g/mol. The molecule has 1 aliphatic carbocycles. The summed E-state index contributed by atoms with van der Waals surface area (Å²) in [5, 5.41) is 14.5. The summed E-state index contributed by atoms with van der Waals surface area (Å²) in [6, 6.07) is 0.434. The van der Waals surface area contributed by atoms with Gasteiger partial charge in [0.15, 0.2) is 0 Å². The van der Waals surface area contributed by atoms with Crippen molar-refractivity contribution in [3.05, 3.63) is 0 Å². The Morgan fingerprint density at radius 3 is 2.50 bits per heavy atom. The van der Waals surface area contributed by atoms with E-state index in [0.29, 0.717) is 38.6 Å². The molecule has 2 amide bonds. The molecule has 170 valence electrons. The van der Waals surface area contributed by atoms with Crippen LogP contribution in [0.3, 0.4) is 0 Å². The molecule has 0 radical (unpaired) electrons. The highest BCUT2D eigenvalue weighted by atomic mass is 32.2. The number of nitrogens with zero attached hydrogens (tertiary/aromatic N) is 1. The van der Waals surface area contributed by atoms with E-state index >= 15 is 0 Å². The second-order valence-electron chi connectivity index (χ2n) is 9.00. The summed E-state index contributed by atoms with van der Waals surface area (Å²) in [6.45, 7) is 4.54. The molecule has 2 aliphatic rings. The number of hydrogen-bond acceptors (Lipinski definition) is 5. The Bertz CT molecular complexity index is 726. The Balaban J connectivity index is 1.96. The summed E-state index contributed by atoms with van der Waals surface area (Å²) < 4.78 is 28.2. The first-order valence-electron chi connectivity index (χ1n) is 11.2. The number of carbonyl (C=O) groups is 2.